The number of carbonyl (C=O) groups excluding carboxylic acids is 1. The van der Waals surface area contributed by atoms with Crippen molar-refractivity contribution in [2.24, 2.45) is 0 Å². The zero-order chi connectivity index (χ0) is 24.6. The SMILES string of the molecule is CC1(C)OC(=O)N(c2ccc(-c3cc(-c4nccc(C#N)n4)c[nH]c3=O)cc2)C1c1ccccc1. The quantitative estimate of drug-likeness (QED) is 0.463. The molecular formula is C27H21N5O3. The molecule has 1 N–H and O–H groups in total. The summed E-state index contributed by atoms with van der Waals surface area (Å²) in [4.78, 5) is 38.2. The van der Waals surface area contributed by atoms with Gasteiger partial charge in [0.1, 0.15) is 23.4 Å². The summed E-state index contributed by atoms with van der Waals surface area (Å²) in [5.41, 5.74) is 2.53. The van der Waals surface area contributed by atoms with E-state index in [2.05, 4.69) is 15.0 Å². The largest absolute Gasteiger partial charge is 0.441 e. The van der Waals surface area contributed by atoms with E-state index in [-0.39, 0.29) is 17.3 Å². The molecule has 1 aliphatic rings. The van der Waals surface area contributed by atoms with Crippen molar-refractivity contribution < 1.29 is 9.53 Å². The van der Waals surface area contributed by atoms with Gasteiger partial charge in [0.15, 0.2) is 5.82 Å². The van der Waals surface area contributed by atoms with Crippen molar-refractivity contribution in [3.63, 3.8) is 0 Å². The first-order valence-electron chi connectivity index (χ1n) is 11.0. The predicted octanol–water partition coefficient (Wildman–Crippen LogP) is 4.85. The van der Waals surface area contributed by atoms with Crippen LogP contribution >= 0.6 is 0 Å². The van der Waals surface area contributed by atoms with Crippen LogP contribution in [0.1, 0.15) is 31.1 Å². The van der Waals surface area contributed by atoms with Gasteiger partial charge in [-0.1, -0.05) is 42.5 Å². The molecule has 4 aromatic rings. The maximum atomic E-state index is 12.8. The molecule has 2 aromatic heterocycles. The Hall–Kier alpha value is -4.77. The Morgan fingerprint density at radius 2 is 1.77 bits per heavy atom. The maximum Gasteiger partial charge on any atom is 0.415 e. The molecule has 1 fully saturated rings. The highest BCUT2D eigenvalue weighted by Crippen LogP contribution is 2.43. The molecule has 1 amide bonds. The second-order valence-electron chi connectivity index (χ2n) is 8.71. The third-order valence-corrected chi connectivity index (χ3v) is 5.97. The fraction of sp³-hybridized carbons (Fsp3) is 0.148. The van der Waals surface area contributed by atoms with Gasteiger partial charge in [0.2, 0.25) is 0 Å². The number of rotatable bonds is 4. The van der Waals surface area contributed by atoms with Crippen molar-refractivity contribution in [2.75, 3.05) is 4.90 Å². The van der Waals surface area contributed by atoms with Crippen LogP contribution in [0, 0.1) is 11.3 Å². The van der Waals surface area contributed by atoms with E-state index in [4.69, 9.17) is 10.00 Å². The number of nitrogens with one attached hydrogen (secondary N) is 1. The number of nitriles is 1. The lowest BCUT2D eigenvalue weighted by atomic mass is 9.91. The Labute approximate surface area is 201 Å². The third-order valence-electron chi connectivity index (χ3n) is 5.97. The second-order valence-corrected chi connectivity index (χ2v) is 8.71. The van der Waals surface area contributed by atoms with Crippen LogP contribution in [0.4, 0.5) is 10.5 Å². The Morgan fingerprint density at radius 1 is 1.03 bits per heavy atom. The van der Waals surface area contributed by atoms with Crippen LogP contribution < -0.4 is 10.5 Å². The van der Waals surface area contributed by atoms with Gasteiger partial charge in [-0.15, -0.1) is 0 Å². The van der Waals surface area contributed by atoms with Crippen molar-refractivity contribution >= 4 is 11.8 Å². The van der Waals surface area contributed by atoms with Gasteiger partial charge in [0.05, 0.1) is 0 Å². The Morgan fingerprint density at radius 3 is 2.49 bits per heavy atom. The lowest BCUT2D eigenvalue weighted by molar-refractivity contribution is 0.0685. The number of hydrogen-bond acceptors (Lipinski definition) is 6. The fourth-order valence-electron chi connectivity index (χ4n) is 4.38. The Kier molecular flexibility index (Phi) is 5.38. The summed E-state index contributed by atoms with van der Waals surface area (Å²) >= 11 is 0. The third kappa shape index (κ3) is 4.04. The lowest BCUT2D eigenvalue weighted by Gasteiger charge is -2.29. The summed E-state index contributed by atoms with van der Waals surface area (Å²) in [6.45, 7) is 3.79. The first-order chi connectivity index (χ1) is 16.9. The summed E-state index contributed by atoms with van der Waals surface area (Å²) < 4.78 is 5.70. The van der Waals surface area contributed by atoms with E-state index in [1.165, 1.54) is 18.5 Å². The van der Waals surface area contributed by atoms with Crippen molar-refractivity contribution in [3.8, 4) is 28.6 Å². The fourth-order valence-corrected chi connectivity index (χ4v) is 4.38. The first-order valence-corrected chi connectivity index (χ1v) is 11.0. The standard InChI is InChI=1S/C27H21N5O3/c1-27(2)23(18-6-4-3-5-7-18)32(26(34)35-27)21-10-8-17(9-11-21)22-14-19(16-30-25(22)33)24-29-13-12-20(15-28)31-24/h3-14,16,23H,1-2H3,(H,30,33). The minimum Gasteiger partial charge on any atom is -0.441 e. The number of benzene rings is 2. The molecule has 0 radical (unpaired) electrons. The number of cyclic esters (lactones) is 1. The molecule has 1 atom stereocenters. The molecule has 0 aliphatic carbocycles. The number of hydrogen-bond donors (Lipinski definition) is 1. The number of ether oxygens (including phenoxy) is 1. The number of carbonyl (C=O) groups is 1. The van der Waals surface area contributed by atoms with Gasteiger partial charge in [-0.25, -0.2) is 14.8 Å². The van der Waals surface area contributed by atoms with Gasteiger partial charge in [0, 0.05) is 29.2 Å². The van der Waals surface area contributed by atoms with Crippen LogP contribution in [-0.4, -0.2) is 26.6 Å². The van der Waals surface area contributed by atoms with Gasteiger partial charge in [-0.2, -0.15) is 5.26 Å². The molecule has 35 heavy (non-hydrogen) atoms. The van der Waals surface area contributed by atoms with Crippen LogP contribution in [0.2, 0.25) is 0 Å². The number of aromatic nitrogens is 3. The van der Waals surface area contributed by atoms with E-state index in [1.807, 2.05) is 50.2 Å². The summed E-state index contributed by atoms with van der Waals surface area (Å²) in [5, 5.41) is 9.11. The van der Waals surface area contributed by atoms with Crippen LogP contribution in [0.5, 0.6) is 0 Å². The summed E-state index contributed by atoms with van der Waals surface area (Å²) in [7, 11) is 0. The minimum atomic E-state index is -0.722. The van der Waals surface area contributed by atoms with E-state index in [9.17, 15) is 9.59 Å². The van der Waals surface area contributed by atoms with E-state index in [1.54, 1.807) is 35.2 Å². The smallest absolute Gasteiger partial charge is 0.415 e. The predicted molar refractivity (Wildman–Crippen MR) is 130 cm³/mol. The molecular weight excluding hydrogens is 442 g/mol. The molecule has 1 aliphatic heterocycles. The molecule has 0 saturated carbocycles. The average molecular weight is 463 g/mol. The summed E-state index contributed by atoms with van der Waals surface area (Å²) in [6, 6.07) is 21.8. The number of anilines is 1. The van der Waals surface area contributed by atoms with Crippen molar-refractivity contribution in [3.05, 3.63) is 101 Å². The molecule has 1 unspecified atom stereocenters. The summed E-state index contributed by atoms with van der Waals surface area (Å²) in [5.74, 6) is 0.339. The number of nitrogens with zero attached hydrogens (tertiary/aromatic N) is 4. The number of amides is 1. The minimum absolute atomic E-state index is 0.237. The maximum absolute atomic E-state index is 12.8. The van der Waals surface area contributed by atoms with E-state index in [0.717, 1.165) is 5.56 Å². The lowest BCUT2D eigenvalue weighted by Crippen LogP contribution is -2.33. The highest BCUT2D eigenvalue weighted by atomic mass is 16.6. The molecule has 0 bridgehead atoms. The Bertz CT molecular complexity index is 1500. The zero-order valence-electron chi connectivity index (χ0n) is 19.1. The van der Waals surface area contributed by atoms with Gasteiger partial charge < -0.3 is 9.72 Å². The number of pyridine rings is 1. The normalized spacial score (nSPS) is 16.5. The molecule has 172 valence electrons. The van der Waals surface area contributed by atoms with Crippen molar-refractivity contribution in [2.45, 2.75) is 25.5 Å². The van der Waals surface area contributed by atoms with E-state index < -0.39 is 11.7 Å². The number of aromatic amines is 1. The van der Waals surface area contributed by atoms with Gasteiger partial charge >= 0.3 is 6.09 Å². The van der Waals surface area contributed by atoms with Gasteiger partial charge in [-0.05, 0) is 49.2 Å². The van der Waals surface area contributed by atoms with Crippen LogP contribution in [0.15, 0.2) is 83.9 Å². The van der Waals surface area contributed by atoms with Crippen molar-refractivity contribution in [1.29, 1.82) is 5.26 Å². The highest BCUT2D eigenvalue weighted by Gasteiger charge is 2.49. The monoisotopic (exact) mass is 463 g/mol. The molecule has 5 rings (SSSR count). The summed E-state index contributed by atoms with van der Waals surface area (Å²) in [6.07, 6.45) is 2.59. The van der Waals surface area contributed by atoms with Crippen LogP contribution in [0.3, 0.4) is 0 Å². The first kappa shape index (κ1) is 22.0. The van der Waals surface area contributed by atoms with E-state index in [0.29, 0.717) is 28.2 Å². The average Bonchev–Trinajstić information content (AvgIpc) is 3.12. The van der Waals surface area contributed by atoms with Crippen molar-refractivity contribution in [1.82, 2.24) is 15.0 Å². The number of H-pyrrole nitrogens is 1. The second kappa shape index (κ2) is 8.54. The van der Waals surface area contributed by atoms with E-state index >= 15 is 0 Å². The molecule has 2 aromatic carbocycles. The van der Waals surface area contributed by atoms with Crippen LogP contribution in [0.25, 0.3) is 22.5 Å². The molecule has 3 heterocycles. The van der Waals surface area contributed by atoms with Gasteiger partial charge in [0.25, 0.3) is 5.56 Å². The molecule has 0 spiro atoms. The highest BCUT2D eigenvalue weighted by molar-refractivity contribution is 5.92. The van der Waals surface area contributed by atoms with Gasteiger partial charge in [-0.3, -0.25) is 9.69 Å². The zero-order valence-corrected chi connectivity index (χ0v) is 19.1. The molecule has 1 saturated heterocycles. The topological polar surface area (TPSA) is 112 Å². The molecule has 8 nitrogen and oxygen atoms in total. The van der Waals surface area contributed by atoms with Crippen LogP contribution in [-0.2, 0) is 4.74 Å². The molecule has 8 heteroatoms. The Balaban J connectivity index is 1.51.